The Morgan fingerprint density at radius 3 is 2.06 bits per heavy atom. The maximum Gasteiger partial charge on any atom is 0.395 e. The van der Waals surface area contributed by atoms with Gasteiger partial charge in [0.15, 0.2) is 16.5 Å². The van der Waals surface area contributed by atoms with Crippen molar-refractivity contribution in [1.82, 2.24) is 24.1 Å². The summed E-state index contributed by atoms with van der Waals surface area (Å²) >= 11 is 6.34. The number of anilines is 1. The van der Waals surface area contributed by atoms with E-state index in [9.17, 15) is 13.9 Å². The number of benzene rings is 1. The third kappa shape index (κ3) is 3.79. The van der Waals surface area contributed by atoms with Gasteiger partial charge in [0.1, 0.15) is 11.6 Å². The number of nitrogens with zero attached hydrogens (tertiary/aromatic N) is 6. The molecule has 3 aromatic heterocycles. The summed E-state index contributed by atoms with van der Waals surface area (Å²) in [6.45, 7) is 5.69. The van der Waals surface area contributed by atoms with E-state index in [1.807, 2.05) is 42.0 Å². The normalized spacial score (nSPS) is 14.4. The Morgan fingerprint density at radius 1 is 1.03 bits per heavy atom. The molecule has 11 heteroatoms. The van der Waals surface area contributed by atoms with E-state index in [0.29, 0.717) is 53.6 Å². The number of fused-ring (bicyclic) bond motifs is 1. The van der Waals surface area contributed by atoms with Gasteiger partial charge < -0.3 is 23.9 Å². The number of halogens is 3. The molecule has 0 radical (unpaired) electrons. The zero-order chi connectivity index (χ0) is 26.0. The molecule has 0 saturated carbocycles. The Bertz CT molecular complexity index is 1430. The van der Waals surface area contributed by atoms with E-state index in [1.54, 1.807) is 30.6 Å². The first-order valence-electron chi connectivity index (χ1n) is 11.6. The molecule has 0 spiro atoms. The van der Waals surface area contributed by atoms with E-state index in [1.165, 1.54) is 0 Å². The Hall–Kier alpha value is -3.24. The van der Waals surface area contributed by atoms with Crippen molar-refractivity contribution >= 4 is 28.2 Å². The Kier molecular flexibility index (Phi) is 5.72. The predicted octanol–water partition coefficient (Wildman–Crippen LogP) is 4.46. The first-order chi connectivity index (χ1) is 16.9. The van der Waals surface area contributed by atoms with Crippen LogP contribution >= 0.6 is 11.6 Å². The predicted molar refractivity (Wildman–Crippen MR) is 133 cm³/mol. The molecule has 1 N–H and O–H groups in total. The summed E-state index contributed by atoms with van der Waals surface area (Å²) in [6, 6.07) is 5.24. The lowest BCUT2D eigenvalue weighted by molar-refractivity contribution is -0.158. The summed E-state index contributed by atoms with van der Waals surface area (Å²) in [5.74, 6) is 1.27. The molecule has 0 unspecified atom stereocenters. The van der Waals surface area contributed by atoms with Crippen LogP contribution < -0.4 is 9.64 Å². The molecule has 0 amide bonds. The first-order valence-corrected chi connectivity index (χ1v) is 11.9. The monoisotopic (exact) mass is 516 g/mol. The summed E-state index contributed by atoms with van der Waals surface area (Å²) < 4.78 is 36.6. The molecule has 1 saturated heterocycles. The van der Waals surface area contributed by atoms with Gasteiger partial charge in [-0.1, -0.05) is 17.7 Å². The van der Waals surface area contributed by atoms with Crippen molar-refractivity contribution in [3.8, 4) is 5.75 Å². The molecule has 190 valence electrons. The van der Waals surface area contributed by atoms with Crippen molar-refractivity contribution < 1.29 is 18.6 Å². The third-order valence-corrected chi connectivity index (χ3v) is 7.18. The quantitative estimate of drug-likeness (QED) is 0.381. The van der Waals surface area contributed by atoms with Crippen molar-refractivity contribution in [3.63, 3.8) is 0 Å². The molecular weight excluding hydrogens is 490 g/mol. The Morgan fingerprint density at radius 2 is 1.61 bits per heavy atom. The molecule has 36 heavy (non-hydrogen) atoms. The van der Waals surface area contributed by atoms with Crippen LogP contribution in [0, 0.1) is 13.8 Å². The highest BCUT2D eigenvalue weighted by atomic mass is 35.5. The molecule has 1 aromatic carbocycles. The van der Waals surface area contributed by atoms with Crippen LogP contribution in [0.1, 0.15) is 41.9 Å². The smallest absolute Gasteiger partial charge is 0.395 e. The summed E-state index contributed by atoms with van der Waals surface area (Å²) in [5, 5.41) is 12.9. The molecular formula is C25H27ClF2N6O2. The SMILES string of the molecule is Cc1ncc(C(O)(c2ccc3nc(Cl)c(OC(C)(F)F)c(N4CCC4)c3c2)c2cnc(C)n2C)n1C. The second-order valence-electron chi connectivity index (χ2n) is 9.27. The molecule has 5 rings (SSSR count). The standard InChI is InChI=1S/C25H27ClF2N6O2/c1-14-29-12-19(32(14)4)25(35,20-13-30-15(2)33(20)5)16-7-8-18-17(11-16)21(34-9-6-10-34)22(23(26)31-18)36-24(3,27)28/h7-8,11-13,35H,6,9-10H2,1-5H3. The minimum Gasteiger partial charge on any atom is -0.427 e. The molecule has 8 nitrogen and oxygen atoms in total. The number of rotatable bonds is 6. The lowest BCUT2D eigenvalue weighted by atomic mass is 9.86. The number of pyridine rings is 1. The van der Waals surface area contributed by atoms with Crippen LogP contribution in [0.5, 0.6) is 5.75 Å². The largest absolute Gasteiger partial charge is 0.427 e. The number of aromatic nitrogens is 5. The van der Waals surface area contributed by atoms with Gasteiger partial charge in [-0.05, 0) is 38.0 Å². The molecule has 4 heterocycles. The van der Waals surface area contributed by atoms with Gasteiger partial charge in [-0.3, -0.25) is 0 Å². The van der Waals surface area contributed by atoms with Crippen LogP contribution in [-0.2, 0) is 19.7 Å². The van der Waals surface area contributed by atoms with Gasteiger partial charge in [0.25, 0.3) is 0 Å². The van der Waals surface area contributed by atoms with Gasteiger partial charge in [-0.2, -0.15) is 8.78 Å². The number of aliphatic hydroxyl groups is 1. The van der Waals surface area contributed by atoms with Crippen molar-refractivity contribution in [2.24, 2.45) is 14.1 Å². The van der Waals surface area contributed by atoms with Crippen molar-refractivity contribution in [3.05, 3.63) is 64.3 Å². The minimum absolute atomic E-state index is 0.140. The molecule has 1 aliphatic rings. The maximum absolute atomic E-state index is 14.0. The highest BCUT2D eigenvalue weighted by molar-refractivity contribution is 6.32. The Labute approximate surface area is 212 Å². The van der Waals surface area contributed by atoms with E-state index in [0.717, 1.165) is 18.1 Å². The van der Waals surface area contributed by atoms with Crippen LogP contribution in [0.15, 0.2) is 30.6 Å². The minimum atomic E-state index is -3.45. The molecule has 0 aliphatic carbocycles. The Balaban J connectivity index is 1.82. The fourth-order valence-corrected chi connectivity index (χ4v) is 4.87. The zero-order valence-corrected chi connectivity index (χ0v) is 21.4. The van der Waals surface area contributed by atoms with Gasteiger partial charge in [-0.15, -0.1) is 0 Å². The average Bonchev–Trinajstić information content (AvgIpc) is 3.29. The van der Waals surface area contributed by atoms with Crippen LogP contribution in [0.3, 0.4) is 0 Å². The summed E-state index contributed by atoms with van der Waals surface area (Å²) in [6.07, 6.45) is 0.722. The zero-order valence-electron chi connectivity index (χ0n) is 20.7. The summed E-state index contributed by atoms with van der Waals surface area (Å²) in [7, 11) is 3.66. The number of hydrogen-bond donors (Lipinski definition) is 1. The van der Waals surface area contributed by atoms with E-state index < -0.39 is 11.7 Å². The second kappa shape index (κ2) is 8.41. The van der Waals surface area contributed by atoms with Crippen LogP contribution in [0.4, 0.5) is 14.5 Å². The lowest BCUT2D eigenvalue weighted by Gasteiger charge is -2.36. The second-order valence-corrected chi connectivity index (χ2v) is 9.63. The highest BCUT2D eigenvalue weighted by Gasteiger charge is 2.41. The lowest BCUT2D eigenvalue weighted by Crippen LogP contribution is -2.38. The number of alkyl halides is 2. The average molecular weight is 517 g/mol. The van der Waals surface area contributed by atoms with E-state index >= 15 is 0 Å². The van der Waals surface area contributed by atoms with E-state index in [2.05, 4.69) is 15.0 Å². The molecule has 0 atom stereocenters. The number of aryl methyl sites for hydroxylation is 2. The van der Waals surface area contributed by atoms with E-state index in [4.69, 9.17) is 16.3 Å². The van der Waals surface area contributed by atoms with Crippen LogP contribution in [-0.4, -0.2) is 48.4 Å². The van der Waals surface area contributed by atoms with Gasteiger partial charge in [0.2, 0.25) is 0 Å². The van der Waals surface area contributed by atoms with E-state index in [-0.39, 0.29) is 10.9 Å². The molecule has 1 fully saturated rings. The number of imidazole rings is 2. The maximum atomic E-state index is 14.0. The summed E-state index contributed by atoms with van der Waals surface area (Å²) in [5.41, 5.74) is 0.854. The van der Waals surface area contributed by atoms with Crippen molar-refractivity contribution in [1.29, 1.82) is 0 Å². The molecule has 1 aliphatic heterocycles. The van der Waals surface area contributed by atoms with Crippen molar-refractivity contribution in [2.45, 2.75) is 38.9 Å². The van der Waals surface area contributed by atoms with Gasteiger partial charge in [0.05, 0.1) is 35.0 Å². The van der Waals surface area contributed by atoms with Gasteiger partial charge in [-0.25, -0.2) is 15.0 Å². The number of hydrogen-bond acceptors (Lipinski definition) is 6. The van der Waals surface area contributed by atoms with Gasteiger partial charge in [0, 0.05) is 39.5 Å². The van der Waals surface area contributed by atoms with Gasteiger partial charge >= 0.3 is 6.11 Å². The molecule has 4 aromatic rings. The third-order valence-electron chi connectivity index (χ3n) is 6.93. The molecule has 0 bridgehead atoms. The fourth-order valence-electron chi connectivity index (χ4n) is 4.65. The highest BCUT2D eigenvalue weighted by Crippen LogP contribution is 2.46. The topological polar surface area (TPSA) is 81.2 Å². The first kappa shape index (κ1) is 24.5. The van der Waals surface area contributed by atoms with Crippen LogP contribution in [0.25, 0.3) is 10.9 Å². The fraction of sp³-hybridized carbons (Fsp3) is 0.400. The van der Waals surface area contributed by atoms with Crippen molar-refractivity contribution in [2.75, 3.05) is 18.0 Å². The van der Waals surface area contributed by atoms with Crippen LogP contribution in [0.2, 0.25) is 5.15 Å². The number of ether oxygens (including phenoxy) is 1. The summed E-state index contributed by atoms with van der Waals surface area (Å²) in [4.78, 5) is 15.1.